The maximum atomic E-state index is 13.0. The van der Waals surface area contributed by atoms with Crippen molar-refractivity contribution in [2.75, 3.05) is 6.54 Å². The Labute approximate surface area is 140 Å². The molecule has 0 aliphatic carbocycles. The number of hydrogen-bond acceptors (Lipinski definition) is 4. The van der Waals surface area contributed by atoms with Crippen LogP contribution in [0.2, 0.25) is 0 Å². The lowest BCUT2D eigenvalue weighted by molar-refractivity contribution is 0.276. The fourth-order valence-corrected chi connectivity index (χ4v) is 6.71. The normalized spacial score (nSPS) is 12.8. The highest BCUT2D eigenvalue weighted by atomic mass is 79.9. The molecule has 0 bridgehead atoms. The second-order valence-corrected chi connectivity index (χ2v) is 9.76. The SMILES string of the molecule is CCC(CC)N(CC(C)C)S(=O)(=O)c1cc(CO)sc1Br. The molecular formula is C14H24BrNO3S2. The first kappa shape index (κ1) is 19.1. The standard InChI is InChI=1S/C14H24BrNO3S2/c1-5-11(6-2)16(8-10(3)4)21(18,19)13-7-12(9-17)20-14(13)15/h7,10-11,17H,5-6,8-9H2,1-4H3. The van der Waals surface area contributed by atoms with E-state index in [4.69, 9.17) is 0 Å². The second-order valence-electron chi connectivity index (χ2n) is 5.45. The van der Waals surface area contributed by atoms with Gasteiger partial charge >= 0.3 is 0 Å². The van der Waals surface area contributed by atoms with Gasteiger partial charge in [-0.05, 0) is 40.8 Å². The molecule has 0 aliphatic heterocycles. The van der Waals surface area contributed by atoms with Gasteiger partial charge in [-0.25, -0.2) is 8.42 Å². The van der Waals surface area contributed by atoms with Crippen LogP contribution in [-0.4, -0.2) is 30.4 Å². The van der Waals surface area contributed by atoms with E-state index in [0.717, 1.165) is 12.8 Å². The highest BCUT2D eigenvalue weighted by Gasteiger charge is 2.32. The van der Waals surface area contributed by atoms with E-state index in [1.54, 1.807) is 10.4 Å². The molecule has 1 N–H and O–H groups in total. The lowest BCUT2D eigenvalue weighted by Gasteiger charge is -2.30. The third-order valence-corrected chi connectivity index (χ3v) is 7.50. The molecule has 0 saturated heterocycles. The van der Waals surface area contributed by atoms with Gasteiger partial charge in [-0.1, -0.05) is 27.7 Å². The fourth-order valence-electron chi connectivity index (χ4n) is 2.28. The van der Waals surface area contributed by atoms with Crippen LogP contribution < -0.4 is 0 Å². The van der Waals surface area contributed by atoms with Crippen LogP contribution in [0, 0.1) is 5.92 Å². The van der Waals surface area contributed by atoms with E-state index in [0.29, 0.717) is 15.2 Å². The minimum atomic E-state index is -3.55. The van der Waals surface area contributed by atoms with Gasteiger partial charge in [-0.3, -0.25) is 0 Å². The van der Waals surface area contributed by atoms with Gasteiger partial charge in [0.05, 0.1) is 10.4 Å². The highest BCUT2D eigenvalue weighted by molar-refractivity contribution is 9.11. The molecule has 0 aromatic carbocycles. The number of halogens is 1. The molecule has 1 aromatic heterocycles. The Morgan fingerprint density at radius 3 is 2.29 bits per heavy atom. The summed E-state index contributed by atoms with van der Waals surface area (Å²) in [5.41, 5.74) is 0. The highest BCUT2D eigenvalue weighted by Crippen LogP contribution is 2.35. The first-order valence-electron chi connectivity index (χ1n) is 7.18. The summed E-state index contributed by atoms with van der Waals surface area (Å²) in [7, 11) is -3.55. The number of thiophene rings is 1. The van der Waals surface area contributed by atoms with Gasteiger partial charge < -0.3 is 5.11 Å². The largest absolute Gasteiger partial charge is 0.391 e. The second kappa shape index (κ2) is 8.06. The maximum Gasteiger partial charge on any atom is 0.245 e. The third kappa shape index (κ3) is 4.51. The third-order valence-electron chi connectivity index (χ3n) is 3.34. The van der Waals surface area contributed by atoms with Gasteiger partial charge in [0.2, 0.25) is 10.0 Å². The molecule has 0 saturated carbocycles. The van der Waals surface area contributed by atoms with Crippen LogP contribution in [0.3, 0.4) is 0 Å². The summed E-state index contributed by atoms with van der Waals surface area (Å²) in [6, 6.07) is 1.57. The molecule has 0 unspecified atom stereocenters. The molecule has 0 atom stereocenters. The van der Waals surface area contributed by atoms with Crippen LogP contribution in [0.1, 0.15) is 45.4 Å². The lowest BCUT2D eigenvalue weighted by Crippen LogP contribution is -2.41. The van der Waals surface area contributed by atoms with Crippen molar-refractivity contribution >= 4 is 37.3 Å². The summed E-state index contributed by atoms with van der Waals surface area (Å²) in [5.74, 6) is 0.259. The molecule has 1 aromatic rings. The van der Waals surface area contributed by atoms with E-state index in [1.807, 2.05) is 27.7 Å². The first-order chi connectivity index (χ1) is 9.77. The Balaban J connectivity index is 3.28. The fraction of sp³-hybridized carbons (Fsp3) is 0.714. The number of rotatable bonds is 8. The molecule has 0 spiro atoms. The van der Waals surface area contributed by atoms with E-state index in [1.165, 1.54) is 11.3 Å². The number of aliphatic hydroxyl groups is 1. The monoisotopic (exact) mass is 397 g/mol. The molecule has 21 heavy (non-hydrogen) atoms. The van der Waals surface area contributed by atoms with Crippen molar-refractivity contribution in [1.29, 1.82) is 0 Å². The zero-order chi connectivity index (χ0) is 16.2. The summed E-state index contributed by atoms with van der Waals surface area (Å²) in [6.07, 6.45) is 1.58. The molecule has 0 amide bonds. The summed E-state index contributed by atoms with van der Waals surface area (Å²) in [5, 5.41) is 9.21. The van der Waals surface area contributed by atoms with Crippen LogP contribution in [-0.2, 0) is 16.6 Å². The van der Waals surface area contributed by atoms with Gasteiger partial charge in [-0.2, -0.15) is 4.31 Å². The van der Waals surface area contributed by atoms with Gasteiger partial charge in [0.15, 0.2) is 0 Å². The van der Waals surface area contributed by atoms with Crippen LogP contribution in [0.4, 0.5) is 0 Å². The molecule has 0 fully saturated rings. The summed E-state index contributed by atoms with van der Waals surface area (Å²) >= 11 is 4.59. The Bertz CT molecular complexity index is 551. The summed E-state index contributed by atoms with van der Waals surface area (Å²) in [4.78, 5) is 0.915. The van der Waals surface area contributed by atoms with Crippen LogP contribution in [0.5, 0.6) is 0 Å². The van der Waals surface area contributed by atoms with Crippen molar-refractivity contribution in [2.24, 2.45) is 5.92 Å². The van der Waals surface area contributed by atoms with Crippen molar-refractivity contribution in [3.8, 4) is 0 Å². The molecular weight excluding hydrogens is 374 g/mol. The Kier molecular flexibility index (Phi) is 7.33. The zero-order valence-electron chi connectivity index (χ0n) is 13.0. The van der Waals surface area contributed by atoms with Gasteiger partial charge in [0.25, 0.3) is 0 Å². The number of sulfonamides is 1. The van der Waals surface area contributed by atoms with Gasteiger partial charge in [0.1, 0.15) is 4.90 Å². The van der Waals surface area contributed by atoms with Crippen molar-refractivity contribution in [1.82, 2.24) is 4.31 Å². The number of nitrogens with zero attached hydrogens (tertiary/aromatic N) is 1. The first-order valence-corrected chi connectivity index (χ1v) is 10.2. The van der Waals surface area contributed by atoms with Crippen LogP contribution in [0.15, 0.2) is 14.7 Å². The molecule has 7 heteroatoms. The topological polar surface area (TPSA) is 57.6 Å². The summed E-state index contributed by atoms with van der Waals surface area (Å²) in [6.45, 7) is 8.43. The predicted octanol–water partition coefficient (Wildman–Crippen LogP) is 3.84. The van der Waals surface area contributed by atoms with Crippen LogP contribution in [0.25, 0.3) is 0 Å². The Morgan fingerprint density at radius 2 is 1.90 bits per heavy atom. The Morgan fingerprint density at radius 1 is 1.33 bits per heavy atom. The molecule has 0 radical (unpaired) electrons. The van der Waals surface area contributed by atoms with E-state index >= 15 is 0 Å². The smallest absolute Gasteiger partial charge is 0.245 e. The molecule has 4 nitrogen and oxygen atoms in total. The number of aliphatic hydroxyl groups excluding tert-OH is 1. The molecule has 0 aliphatic rings. The van der Waals surface area contributed by atoms with Gasteiger partial charge in [0, 0.05) is 17.5 Å². The minimum absolute atomic E-state index is 0.00164. The van der Waals surface area contributed by atoms with E-state index < -0.39 is 10.0 Å². The zero-order valence-corrected chi connectivity index (χ0v) is 16.2. The number of hydrogen-bond donors (Lipinski definition) is 1. The lowest BCUT2D eigenvalue weighted by atomic mass is 10.1. The van der Waals surface area contributed by atoms with Crippen molar-refractivity contribution in [2.45, 2.75) is 58.1 Å². The quantitative estimate of drug-likeness (QED) is 0.724. The minimum Gasteiger partial charge on any atom is -0.391 e. The van der Waals surface area contributed by atoms with Crippen LogP contribution >= 0.6 is 27.3 Å². The van der Waals surface area contributed by atoms with E-state index in [2.05, 4.69) is 15.9 Å². The van der Waals surface area contributed by atoms with E-state index in [-0.39, 0.29) is 23.5 Å². The summed E-state index contributed by atoms with van der Waals surface area (Å²) < 4.78 is 28.2. The van der Waals surface area contributed by atoms with Gasteiger partial charge in [-0.15, -0.1) is 11.3 Å². The maximum absolute atomic E-state index is 13.0. The predicted molar refractivity (Wildman–Crippen MR) is 91.0 cm³/mol. The van der Waals surface area contributed by atoms with E-state index in [9.17, 15) is 13.5 Å². The van der Waals surface area contributed by atoms with Crippen molar-refractivity contribution < 1.29 is 13.5 Å². The van der Waals surface area contributed by atoms with Crippen molar-refractivity contribution in [3.63, 3.8) is 0 Å². The molecule has 1 rings (SSSR count). The van der Waals surface area contributed by atoms with Crippen molar-refractivity contribution in [3.05, 3.63) is 14.7 Å². The average Bonchev–Trinajstić information content (AvgIpc) is 2.80. The molecule has 122 valence electrons. The Hall–Kier alpha value is 0.0500. The molecule has 1 heterocycles. The average molecular weight is 398 g/mol.